The fraction of sp³-hybridized carbons (Fsp3) is 0.222. The van der Waals surface area contributed by atoms with Gasteiger partial charge in [0, 0.05) is 17.1 Å². The van der Waals surface area contributed by atoms with Crippen LogP contribution in [0.1, 0.15) is 29.4 Å². The number of nitrogens with one attached hydrogen (secondary N) is 2. The van der Waals surface area contributed by atoms with E-state index in [9.17, 15) is 4.79 Å². The summed E-state index contributed by atoms with van der Waals surface area (Å²) >= 11 is 1.40. The van der Waals surface area contributed by atoms with E-state index in [1.54, 1.807) is 0 Å². The topological polar surface area (TPSA) is 71.8 Å². The molecule has 0 unspecified atom stereocenters. The normalized spacial score (nSPS) is 11.8. The Morgan fingerprint density at radius 2 is 1.65 bits per heavy atom. The second-order valence-corrected chi connectivity index (χ2v) is 9.62. The van der Waals surface area contributed by atoms with E-state index in [4.69, 9.17) is 0 Å². The van der Waals surface area contributed by atoms with Crippen molar-refractivity contribution < 1.29 is 4.79 Å². The van der Waals surface area contributed by atoms with Gasteiger partial charge in [-0.15, -0.1) is 10.2 Å². The van der Waals surface area contributed by atoms with Crippen molar-refractivity contribution in [2.75, 3.05) is 10.6 Å². The predicted molar refractivity (Wildman–Crippen MR) is 140 cm³/mol. The maximum Gasteiger partial charge on any atom is 0.237 e. The smallest absolute Gasteiger partial charge is 0.237 e. The molecule has 0 bridgehead atoms. The molecule has 0 aliphatic rings. The Bertz CT molecular complexity index is 1270. The molecule has 0 fully saturated rings. The lowest BCUT2D eigenvalue weighted by Crippen LogP contribution is -2.24. The number of aryl methyl sites for hydroxylation is 3. The molecule has 1 aromatic heterocycles. The van der Waals surface area contributed by atoms with Crippen LogP contribution in [0.5, 0.6) is 0 Å². The lowest BCUT2D eigenvalue weighted by molar-refractivity contribution is -0.115. The van der Waals surface area contributed by atoms with Gasteiger partial charge >= 0.3 is 0 Å². The van der Waals surface area contributed by atoms with Gasteiger partial charge in [-0.1, -0.05) is 60.3 Å². The van der Waals surface area contributed by atoms with Crippen molar-refractivity contribution in [3.8, 4) is 5.69 Å². The van der Waals surface area contributed by atoms with Gasteiger partial charge in [0.15, 0.2) is 11.0 Å². The molecule has 4 aromatic rings. The average Bonchev–Trinajstić information content (AvgIpc) is 3.23. The molecule has 1 amide bonds. The van der Waals surface area contributed by atoms with Gasteiger partial charge in [-0.2, -0.15) is 0 Å². The standard InChI is InChI=1S/C27H29N5OS/c1-18-10-8-13-22(16-18)28-17-24-30-31-27(32(24)23-14-6-5-7-15-23)34-21(4)26(33)29-25-19(2)11-9-12-20(25)3/h5-16,21,28H,17H2,1-4H3,(H,29,33)/t21-/m1/s1. The van der Waals surface area contributed by atoms with E-state index in [1.807, 2.05) is 86.0 Å². The summed E-state index contributed by atoms with van der Waals surface area (Å²) in [5.41, 5.74) is 6.13. The summed E-state index contributed by atoms with van der Waals surface area (Å²) in [5.74, 6) is 0.710. The zero-order valence-electron chi connectivity index (χ0n) is 19.9. The van der Waals surface area contributed by atoms with E-state index in [2.05, 4.69) is 39.9 Å². The first-order valence-corrected chi connectivity index (χ1v) is 12.1. The van der Waals surface area contributed by atoms with Crippen LogP contribution in [0.3, 0.4) is 0 Å². The summed E-state index contributed by atoms with van der Waals surface area (Å²) in [4.78, 5) is 13.0. The second-order valence-electron chi connectivity index (χ2n) is 8.31. The number of hydrogen-bond donors (Lipinski definition) is 2. The molecule has 1 atom stereocenters. The molecular weight excluding hydrogens is 442 g/mol. The summed E-state index contributed by atoms with van der Waals surface area (Å²) < 4.78 is 2.01. The summed E-state index contributed by atoms with van der Waals surface area (Å²) in [6, 6.07) is 24.2. The van der Waals surface area contributed by atoms with Gasteiger partial charge in [0.2, 0.25) is 5.91 Å². The molecule has 0 radical (unpaired) electrons. The third-order valence-corrected chi connectivity index (χ3v) is 6.61. The zero-order valence-corrected chi connectivity index (χ0v) is 20.7. The Labute approximate surface area is 204 Å². The van der Waals surface area contributed by atoms with Crippen LogP contribution in [0.15, 0.2) is 78.0 Å². The van der Waals surface area contributed by atoms with Crippen LogP contribution in [0.2, 0.25) is 0 Å². The number of hydrogen-bond acceptors (Lipinski definition) is 5. The lowest BCUT2D eigenvalue weighted by atomic mass is 10.1. The number of anilines is 2. The van der Waals surface area contributed by atoms with E-state index in [0.29, 0.717) is 11.7 Å². The molecule has 7 heteroatoms. The maximum absolute atomic E-state index is 13.0. The Kier molecular flexibility index (Phi) is 7.33. The van der Waals surface area contributed by atoms with Gasteiger partial charge in [-0.05, 0) is 68.7 Å². The Morgan fingerprint density at radius 3 is 2.35 bits per heavy atom. The first-order valence-electron chi connectivity index (χ1n) is 11.3. The highest BCUT2D eigenvalue weighted by atomic mass is 32.2. The van der Waals surface area contributed by atoms with Crippen LogP contribution < -0.4 is 10.6 Å². The third kappa shape index (κ3) is 5.48. The Hall–Kier alpha value is -3.58. The van der Waals surface area contributed by atoms with Crippen molar-refractivity contribution in [1.29, 1.82) is 0 Å². The largest absolute Gasteiger partial charge is 0.378 e. The van der Waals surface area contributed by atoms with Crippen molar-refractivity contribution in [2.24, 2.45) is 0 Å². The van der Waals surface area contributed by atoms with Crippen LogP contribution >= 0.6 is 11.8 Å². The molecule has 2 N–H and O–H groups in total. The molecule has 4 rings (SSSR count). The molecule has 174 valence electrons. The highest BCUT2D eigenvalue weighted by Gasteiger charge is 2.22. The summed E-state index contributed by atoms with van der Waals surface area (Å²) in [6.07, 6.45) is 0. The van der Waals surface area contributed by atoms with Crippen molar-refractivity contribution in [3.05, 3.63) is 95.3 Å². The molecule has 0 saturated heterocycles. The minimum absolute atomic E-state index is 0.0653. The number of para-hydroxylation sites is 2. The van der Waals surface area contributed by atoms with Gasteiger partial charge < -0.3 is 10.6 Å². The SMILES string of the molecule is Cc1cccc(NCc2nnc(S[C@H](C)C(=O)Nc3c(C)cccc3C)n2-c2ccccc2)c1. The molecule has 3 aromatic carbocycles. The molecule has 0 aliphatic heterocycles. The lowest BCUT2D eigenvalue weighted by Gasteiger charge is -2.16. The molecule has 6 nitrogen and oxygen atoms in total. The van der Waals surface area contributed by atoms with Gasteiger partial charge in [-0.25, -0.2) is 0 Å². The average molecular weight is 472 g/mol. The van der Waals surface area contributed by atoms with E-state index in [0.717, 1.165) is 34.0 Å². The molecule has 0 aliphatic carbocycles. The van der Waals surface area contributed by atoms with E-state index < -0.39 is 0 Å². The first-order chi connectivity index (χ1) is 16.4. The molecule has 1 heterocycles. The number of carbonyl (C=O) groups is 1. The Morgan fingerprint density at radius 1 is 0.941 bits per heavy atom. The Balaban J connectivity index is 1.55. The van der Waals surface area contributed by atoms with Gasteiger partial charge in [0.05, 0.1) is 11.8 Å². The maximum atomic E-state index is 13.0. The van der Waals surface area contributed by atoms with E-state index in [-0.39, 0.29) is 11.2 Å². The monoisotopic (exact) mass is 471 g/mol. The predicted octanol–water partition coefficient (Wildman–Crippen LogP) is 5.92. The first kappa shape index (κ1) is 23.6. The van der Waals surface area contributed by atoms with Crippen LogP contribution in [0.4, 0.5) is 11.4 Å². The van der Waals surface area contributed by atoms with E-state index in [1.165, 1.54) is 17.3 Å². The van der Waals surface area contributed by atoms with Crippen molar-refractivity contribution >= 4 is 29.0 Å². The number of aromatic nitrogens is 3. The molecule has 34 heavy (non-hydrogen) atoms. The molecule has 0 saturated carbocycles. The van der Waals surface area contributed by atoms with Gasteiger partial charge in [-0.3, -0.25) is 9.36 Å². The highest BCUT2D eigenvalue weighted by molar-refractivity contribution is 8.00. The van der Waals surface area contributed by atoms with Crippen molar-refractivity contribution in [2.45, 2.75) is 44.6 Å². The fourth-order valence-corrected chi connectivity index (χ4v) is 4.60. The zero-order chi connectivity index (χ0) is 24.1. The summed E-state index contributed by atoms with van der Waals surface area (Å²) in [5, 5.41) is 15.7. The number of thioether (sulfide) groups is 1. The number of rotatable bonds is 8. The summed E-state index contributed by atoms with van der Waals surface area (Å²) in [6.45, 7) is 8.47. The summed E-state index contributed by atoms with van der Waals surface area (Å²) in [7, 11) is 0. The van der Waals surface area contributed by atoms with Crippen molar-refractivity contribution in [1.82, 2.24) is 14.8 Å². The van der Waals surface area contributed by atoms with Crippen LogP contribution in [-0.2, 0) is 11.3 Å². The number of benzene rings is 3. The quantitative estimate of drug-likeness (QED) is 0.312. The van der Waals surface area contributed by atoms with Crippen LogP contribution in [0.25, 0.3) is 5.69 Å². The van der Waals surface area contributed by atoms with Crippen LogP contribution in [-0.4, -0.2) is 25.9 Å². The minimum atomic E-state index is -0.358. The van der Waals surface area contributed by atoms with Gasteiger partial charge in [0.1, 0.15) is 0 Å². The number of carbonyl (C=O) groups excluding carboxylic acids is 1. The van der Waals surface area contributed by atoms with Crippen LogP contribution in [0, 0.1) is 20.8 Å². The minimum Gasteiger partial charge on any atom is -0.378 e. The third-order valence-electron chi connectivity index (χ3n) is 5.56. The molecule has 0 spiro atoms. The van der Waals surface area contributed by atoms with Crippen molar-refractivity contribution in [3.63, 3.8) is 0 Å². The van der Waals surface area contributed by atoms with Gasteiger partial charge in [0.25, 0.3) is 0 Å². The molecular formula is C27H29N5OS. The number of nitrogens with zero attached hydrogens (tertiary/aromatic N) is 3. The second kappa shape index (κ2) is 10.6. The number of amides is 1. The van der Waals surface area contributed by atoms with E-state index >= 15 is 0 Å². The fourth-order valence-electron chi connectivity index (χ4n) is 3.71. The highest BCUT2D eigenvalue weighted by Crippen LogP contribution is 2.28.